The molecule has 0 amide bonds. The van der Waals surface area contributed by atoms with E-state index in [1.807, 2.05) is 12.3 Å². The number of benzene rings is 1. The number of aryl methyl sites for hydroxylation is 1. The molecule has 0 aliphatic carbocycles. The average Bonchev–Trinajstić information content (AvgIpc) is 2.56. The van der Waals surface area contributed by atoms with Crippen LogP contribution in [0.25, 0.3) is 10.8 Å². The standard InChI is InChI=1S/C19H20FN3/c1-4-12(2)16-9-19(22-10-13(16)3)23-15-7-14-5-6-21-11-17(14)18(20)8-15/h5-12H,4H2,1-3H3,(H,22,23). The Morgan fingerprint density at radius 1 is 1.22 bits per heavy atom. The van der Waals surface area contributed by atoms with Gasteiger partial charge in [-0.15, -0.1) is 0 Å². The third-order valence-corrected chi connectivity index (χ3v) is 4.27. The fourth-order valence-corrected chi connectivity index (χ4v) is 2.73. The van der Waals surface area contributed by atoms with E-state index < -0.39 is 0 Å². The molecule has 2 heterocycles. The summed E-state index contributed by atoms with van der Waals surface area (Å²) in [6, 6.07) is 7.24. The summed E-state index contributed by atoms with van der Waals surface area (Å²) in [5, 5.41) is 4.55. The van der Waals surface area contributed by atoms with Crippen molar-refractivity contribution in [2.75, 3.05) is 5.32 Å². The van der Waals surface area contributed by atoms with Gasteiger partial charge in [-0.3, -0.25) is 4.98 Å². The Balaban J connectivity index is 1.96. The van der Waals surface area contributed by atoms with E-state index in [0.717, 1.165) is 17.6 Å². The first-order chi connectivity index (χ1) is 11.1. The molecule has 0 aliphatic heterocycles. The number of aromatic nitrogens is 2. The minimum Gasteiger partial charge on any atom is -0.340 e. The quantitative estimate of drug-likeness (QED) is 0.707. The molecule has 0 bridgehead atoms. The lowest BCUT2D eigenvalue weighted by molar-refractivity contribution is 0.640. The van der Waals surface area contributed by atoms with Crippen molar-refractivity contribution in [2.24, 2.45) is 0 Å². The second kappa shape index (κ2) is 6.32. The molecule has 1 atom stereocenters. The molecule has 1 unspecified atom stereocenters. The highest BCUT2D eigenvalue weighted by Gasteiger charge is 2.10. The topological polar surface area (TPSA) is 37.8 Å². The molecule has 23 heavy (non-hydrogen) atoms. The summed E-state index contributed by atoms with van der Waals surface area (Å²) >= 11 is 0. The van der Waals surface area contributed by atoms with Gasteiger partial charge in [-0.1, -0.05) is 13.8 Å². The van der Waals surface area contributed by atoms with Crippen molar-refractivity contribution in [1.82, 2.24) is 9.97 Å². The molecular formula is C19H20FN3. The molecule has 0 spiro atoms. The molecule has 0 aliphatic rings. The SMILES string of the molecule is CCC(C)c1cc(Nc2cc(F)c3cnccc3c2)ncc1C. The van der Waals surface area contributed by atoms with Crippen LogP contribution in [0.1, 0.15) is 37.3 Å². The number of halogens is 1. The Bertz CT molecular complexity index is 845. The summed E-state index contributed by atoms with van der Waals surface area (Å²) in [5.74, 6) is 0.920. The molecule has 0 fully saturated rings. The van der Waals surface area contributed by atoms with E-state index in [1.54, 1.807) is 18.5 Å². The van der Waals surface area contributed by atoms with Crippen molar-refractivity contribution in [1.29, 1.82) is 0 Å². The van der Waals surface area contributed by atoms with Crippen LogP contribution < -0.4 is 5.32 Å². The molecule has 3 aromatic rings. The van der Waals surface area contributed by atoms with Crippen LogP contribution >= 0.6 is 0 Å². The van der Waals surface area contributed by atoms with Gasteiger partial charge >= 0.3 is 0 Å². The van der Waals surface area contributed by atoms with Gasteiger partial charge in [-0.2, -0.15) is 0 Å². The van der Waals surface area contributed by atoms with E-state index in [9.17, 15) is 4.39 Å². The molecule has 0 saturated heterocycles. The van der Waals surface area contributed by atoms with Gasteiger partial charge in [-0.05, 0) is 60.0 Å². The van der Waals surface area contributed by atoms with Gasteiger partial charge in [-0.25, -0.2) is 9.37 Å². The lowest BCUT2D eigenvalue weighted by Crippen LogP contribution is -2.00. The van der Waals surface area contributed by atoms with Crippen molar-refractivity contribution >= 4 is 22.3 Å². The Hall–Kier alpha value is -2.49. The normalized spacial score (nSPS) is 12.3. The fourth-order valence-electron chi connectivity index (χ4n) is 2.73. The summed E-state index contributed by atoms with van der Waals surface area (Å²) in [6.07, 6.45) is 6.14. The van der Waals surface area contributed by atoms with Crippen LogP contribution in [0.5, 0.6) is 0 Å². The Labute approximate surface area is 135 Å². The molecule has 1 N–H and O–H groups in total. The molecule has 0 saturated carbocycles. The monoisotopic (exact) mass is 309 g/mol. The number of hydrogen-bond acceptors (Lipinski definition) is 3. The number of nitrogens with one attached hydrogen (secondary N) is 1. The highest BCUT2D eigenvalue weighted by Crippen LogP contribution is 2.27. The molecule has 3 rings (SSSR count). The van der Waals surface area contributed by atoms with Crippen LogP contribution in [0.3, 0.4) is 0 Å². The Kier molecular flexibility index (Phi) is 4.24. The van der Waals surface area contributed by atoms with Crippen LogP contribution in [-0.4, -0.2) is 9.97 Å². The van der Waals surface area contributed by atoms with Crippen LogP contribution in [0.2, 0.25) is 0 Å². The van der Waals surface area contributed by atoms with Crippen molar-refractivity contribution in [2.45, 2.75) is 33.1 Å². The van der Waals surface area contributed by atoms with Crippen molar-refractivity contribution in [3.63, 3.8) is 0 Å². The molecule has 0 radical (unpaired) electrons. The van der Waals surface area contributed by atoms with E-state index in [4.69, 9.17) is 0 Å². The number of pyridine rings is 2. The number of nitrogens with zero attached hydrogens (tertiary/aromatic N) is 2. The van der Waals surface area contributed by atoms with Crippen LogP contribution in [0.15, 0.2) is 42.9 Å². The maximum atomic E-state index is 14.2. The van der Waals surface area contributed by atoms with Gasteiger partial charge < -0.3 is 5.32 Å². The van der Waals surface area contributed by atoms with E-state index in [1.165, 1.54) is 17.2 Å². The lowest BCUT2D eigenvalue weighted by Gasteiger charge is -2.15. The van der Waals surface area contributed by atoms with Gasteiger partial charge in [0, 0.05) is 29.7 Å². The summed E-state index contributed by atoms with van der Waals surface area (Å²) in [7, 11) is 0. The second-order valence-corrected chi connectivity index (χ2v) is 5.92. The van der Waals surface area contributed by atoms with E-state index in [-0.39, 0.29) is 5.82 Å². The molecule has 118 valence electrons. The third-order valence-electron chi connectivity index (χ3n) is 4.27. The summed E-state index contributed by atoms with van der Waals surface area (Å²) in [5.41, 5.74) is 3.14. The van der Waals surface area contributed by atoms with Gasteiger partial charge in [0.15, 0.2) is 0 Å². The highest BCUT2D eigenvalue weighted by atomic mass is 19.1. The number of anilines is 2. The zero-order valence-corrected chi connectivity index (χ0v) is 13.6. The van der Waals surface area contributed by atoms with Crippen molar-refractivity contribution < 1.29 is 4.39 Å². The largest absolute Gasteiger partial charge is 0.340 e. The summed E-state index contributed by atoms with van der Waals surface area (Å²) in [4.78, 5) is 8.38. The minimum absolute atomic E-state index is 0.285. The maximum Gasteiger partial charge on any atom is 0.134 e. The maximum absolute atomic E-state index is 14.2. The van der Waals surface area contributed by atoms with E-state index >= 15 is 0 Å². The zero-order chi connectivity index (χ0) is 16.4. The summed E-state index contributed by atoms with van der Waals surface area (Å²) < 4.78 is 14.2. The first kappa shape index (κ1) is 15.4. The average molecular weight is 309 g/mol. The molecule has 2 aromatic heterocycles. The molecule has 4 heteroatoms. The molecule has 1 aromatic carbocycles. The zero-order valence-electron chi connectivity index (χ0n) is 13.6. The number of rotatable bonds is 4. The van der Waals surface area contributed by atoms with Crippen molar-refractivity contribution in [3.05, 3.63) is 59.8 Å². The van der Waals surface area contributed by atoms with Crippen LogP contribution in [0, 0.1) is 12.7 Å². The third kappa shape index (κ3) is 3.16. The minimum atomic E-state index is -0.285. The highest BCUT2D eigenvalue weighted by molar-refractivity contribution is 5.86. The first-order valence-electron chi connectivity index (χ1n) is 7.85. The van der Waals surface area contributed by atoms with Gasteiger partial charge in [0.1, 0.15) is 11.6 Å². The van der Waals surface area contributed by atoms with Gasteiger partial charge in [0.25, 0.3) is 0 Å². The Morgan fingerprint density at radius 3 is 2.83 bits per heavy atom. The fraction of sp³-hybridized carbons (Fsp3) is 0.263. The van der Waals surface area contributed by atoms with E-state index in [0.29, 0.717) is 17.0 Å². The van der Waals surface area contributed by atoms with Crippen molar-refractivity contribution in [3.8, 4) is 0 Å². The van der Waals surface area contributed by atoms with Gasteiger partial charge in [0.05, 0.1) is 0 Å². The van der Waals surface area contributed by atoms with Crippen LogP contribution in [-0.2, 0) is 0 Å². The second-order valence-electron chi connectivity index (χ2n) is 5.92. The number of hydrogen-bond donors (Lipinski definition) is 1. The molecular weight excluding hydrogens is 289 g/mol. The predicted molar refractivity (Wildman–Crippen MR) is 92.7 cm³/mol. The number of fused-ring (bicyclic) bond motifs is 1. The lowest BCUT2D eigenvalue weighted by atomic mass is 9.96. The Morgan fingerprint density at radius 2 is 2.04 bits per heavy atom. The van der Waals surface area contributed by atoms with E-state index in [2.05, 4.69) is 42.1 Å². The summed E-state index contributed by atoms with van der Waals surface area (Å²) in [6.45, 7) is 6.44. The van der Waals surface area contributed by atoms with Crippen LogP contribution in [0.4, 0.5) is 15.9 Å². The molecule has 3 nitrogen and oxygen atoms in total. The predicted octanol–water partition coefficient (Wildman–Crippen LogP) is 5.33. The first-order valence-corrected chi connectivity index (χ1v) is 7.85. The smallest absolute Gasteiger partial charge is 0.134 e. The van der Waals surface area contributed by atoms with Gasteiger partial charge in [0.2, 0.25) is 0 Å².